The highest BCUT2D eigenvalue weighted by Crippen LogP contribution is 2.23. The van der Waals surface area contributed by atoms with E-state index in [0.717, 1.165) is 0 Å². The number of rotatable bonds is 0. The van der Waals surface area contributed by atoms with Gasteiger partial charge in [0.05, 0.1) is 0 Å². The van der Waals surface area contributed by atoms with Crippen LogP contribution in [0.1, 0.15) is 0 Å². The zero-order valence-corrected chi connectivity index (χ0v) is 3.68. The molecule has 0 aromatic carbocycles. The van der Waals surface area contributed by atoms with E-state index >= 15 is 0 Å². The molecule has 0 radical (unpaired) electrons. The third kappa shape index (κ3) is 1.67. The van der Waals surface area contributed by atoms with Gasteiger partial charge in [0.2, 0.25) is 8.15 Å². The molecule has 30 valence electrons. The smallest absolute Gasteiger partial charge is 0.243 e. The molecule has 0 fully saturated rings. The number of nitrogens with zero attached hydrogens (tertiary/aromatic N) is 2. The summed E-state index contributed by atoms with van der Waals surface area (Å²) in [5.41, 5.74) is 0. The van der Waals surface area contributed by atoms with Crippen LogP contribution in [-0.2, 0) is 0 Å². The van der Waals surface area contributed by atoms with Crippen LogP contribution in [0, 0.1) is 22.1 Å². The second-order valence-corrected chi connectivity index (χ2v) is 1.54. The lowest BCUT2D eigenvalue weighted by molar-refractivity contribution is 0.645. The molecular weight excluding hydrogens is 99.0 g/mol. The van der Waals surface area contributed by atoms with E-state index in [1.165, 1.54) is 11.6 Å². The van der Waals surface area contributed by atoms with Crippen molar-refractivity contribution in [2.45, 2.75) is 0 Å². The summed E-state index contributed by atoms with van der Waals surface area (Å²) in [7, 11) is -1.97. The van der Waals surface area contributed by atoms with Gasteiger partial charge >= 0.3 is 0 Å². The summed E-state index contributed by atoms with van der Waals surface area (Å²) < 4.78 is 0. The number of hydrogen-bond donors (Lipinski definition) is 1. The first-order valence-corrected chi connectivity index (χ1v) is 2.39. The van der Waals surface area contributed by atoms with Crippen LogP contribution in [0.3, 0.4) is 0 Å². The van der Waals surface area contributed by atoms with Gasteiger partial charge in [0, 0.05) is 0 Å². The molecule has 4 heteroatoms. The molecule has 0 spiro atoms. The Labute approximate surface area is 36.3 Å². The third-order valence-corrected chi connectivity index (χ3v) is 0.568. The second kappa shape index (κ2) is 2.60. The van der Waals surface area contributed by atoms with E-state index in [2.05, 4.69) is 0 Å². The molecule has 0 aliphatic rings. The predicted molar refractivity (Wildman–Crippen MR) is 20.4 cm³/mol. The third-order valence-electron chi connectivity index (χ3n) is 0.189. The minimum absolute atomic E-state index is 1.37. The summed E-state index contributed by atoms with van der Waals surface area (Å²) >= 11 is 0. The van der Waals surface area contributed by atoms with E-state index < -0.39 is 8.15 Å². The van der Waals surface area contributed by atoms with Gasteiger partial charge in [-0.25, -0.2) is 0 Å². The number of hydrogen-bond acceptors (Lipinski definition) is 3. The molecule has 1 N–H and O–H groups in total. The van der Waals surface area contributed by atoms with Crippen LogP contribution in [0.2, 0.25) is 0 Å². The van der Waals surface area contributed by atoms with Gasteiger partial charge in [0.15, 0.2) is 0 Å². The van der Waals surface area contributed by atoms with Gasteiger partial charge in [-0.2, -0.15) is 10.5 Å². The van der Waals surface area contributed by atoms with Crippen LogP contribution in [0.25, 0.3) is 0 Å². The van der Waals surface area contributed by atoms with Crippen molar-refractivity contribution < 1.29 is 4.89 Å². The van der Waals surface area contributed by atoms with Crippen molar-refractivity contribution in [2.24, 2.45) is 0 Å². The summed E-state index contributed by atoms with van der Waals surface area (Å²) in [6.07, 6.45) is 0. The van der Waals surface area contributed by atoms with Crippen LogP contribution in [0.4, 0.5) is 0 Å². The molecular formula is C2HN2OP. The largest absolute Gasteiger partial charge is 0.349 e. The van der Waals surface area contributed by atoms with Crippen molar-refractivity contribution in [1.82, 2.24) is 0 Å². The van der Waals surface area contributed by atoms with Crippen molar-refractivity contribution in [1.29, 1.82) is 10.5 Å². The van der Waals surface area contributed by atoms with Crippen LogP contribution in [0.15, 0.2) is 0 Å². The van der Waals surface area contributed by atoms with Gasteiger partial charge in [-0.15, -0.1) is 0 Å². The molecule has 0 amide bonds. The van der Waals surface area contributed by atoms with Crippen LogP contribution in [-0.4, -0.2) is 4.89 Å². The van der Waals surface area contributed by atoms with Crippen molar-refractivity contribution in [3.63, 3.8) is 0 Å². The zero-order chi connectivity index (χ0) is 4.99. The highest BCUT2D eigenvalue weighted by Gasteiger charge is 1.92. The van der Waals surface area contributed by atoms with Crippen molar-refractivity contribution in [3.8, 4) is 11.6 Å². The lowest BCUT2D eigenvalue weighted by Gasteiger charge is -1.71. The Morgan fingerprint density at radius 1 is 1.33 bits per heavy atom. The van der Waals surface area contributed by atoms with Gasteiger partial charge in [-0.05, 0) is 0 Å². The maximum atomic E-state index is 8.01. The fraction of sp³-hybridized carbons (Fsp3) is 0. The quantitative estimate of drug-likeness (QED) is 0.446. The Kier molecular flexibility index (Phi) is 2.33. The normalized spacial score (nSPS) is 6.67. The Morgan fingerprint density at radius 2 is 1.67 bits per heavy atom. The highest BCUT2D eigenvalue weighted by molar-refractivity contribution is 7.61. The van der Waals surface area contributed by atoms with Gasteiger partial charge in [0.1, 0.15) is 11.6 Å². The summed E-state index contributed by atoms with van der Waals surface area (Å²) in [6.45, 7) is 0. The molecule has 0 rings (SSSR count). The molecule has 0 aromatic heterocycles. The Bertz CT molecular complexity index is 95.7. The Morgan fingerprint density at radius 3 is 1.67 bits per heavy atom. The van der Waals surface area contributed by atoms with Crippen molar-refractivity contribution in [3.05, 3.63) is 0 Å². The van der Waals surface area contributed by atoms with E-state index in [4.69, 9.17) is 15.4 Å². The second-order valence-electron chi connectivity index (χ2n) is 0.512. The topological polar surface area (TPSA) is 67.8 Å². The van der Waals surface area contributed by atoms with E-state index in [9.17, 15) is 0 Å². The average molecular weight is 100 g/mol. The molecule has 0 heterocycles. The fourth-order valence-electron chi connectivity index (χ4n) is 0.0224. The van der Waals surface area contributed by atoms with Crippen molar-refractivity contribution in [2.75, 3.05) is 0 Å². The minimum atomic E-state index is -1.97. The van der Waals surface area contributed by atoms with Gasteiger partial charge in [-0.1, -0.05) is 0 Å². The summed E-state index contributed by atoms with van der Waals surface area (Å²) in [6, 6.07) is 0. The van der Waals surface area contributed by atoms with Crippen LogP contribution < -0.4 is 0 Å². The highest BCUT2D eigenvalue weighted by atomic mass is 31.1. The predicted octanol–water partition coefficient (Wildman–Crippen LogP) is 0.338. The molecule has 0 atom stereocenters. The van der Waals surface area contributed by atoms with Gasteiger partial charge < -0.3 is 4.89 Å². The van der Waals surface area contributed by atoms with Gasteiger partial charge in [-0.3, -0.25) is 0 Å². The zero-order valence-electron chi connectivity index (χ0n) is 2.79. The SMILES string of the molecule is N#CP(O)C#N. The fourth-order valence-corrected chi connectivity index (χ4v) is 0.0671. The maximum Gasteiger partial charge on any atom is 0.243 e. The molecule has 0 saturated carbocycles. The first-order chi connectivity index (χ1) is 2.81. The standard InChI is InChI=1S/C2HN2OP/c3-1-6(5)2-4/h5H. The summed E-state index contributed by atoms with van der Waals surface area (Å²) in [5.74, 6) is 2.75. The molecule has 0 saturated heterocycles. The maximum absolute atomic E-state index is 8.01. The number of nitriles is 2. The summed E-state index contributed by atoms with van der Waals surface area (Å²) in [4.78, 5) is 8.01. The van der Waals surface area contributed by atoms with Crippen molar-refractivity contribution >= 4 is 8.15 Å². The van der Waals surface area contributed by atoms with Crippen LogP contribution >= 0.6 is 8.15 Å². The first-order valence-electron chi connectivity index (χ1n) is 1.09. The van der Waals surface area contributed by atoms with E-state index in [-0.39, 0.29) is 0 Å². The molecule has 6 heavy (non-hydrogen) atoms. The lowest BCUT2D eigenvalue weighted by Crippen LogP contribution is -1.51. The molecule has 0 unspecified atom stereocenters. The monoisotopic (exact) mass is 100.0 g/mol. The molecule has 0 bridgehead atoms. The molecule has 0 aromatic rings. The lowest BCUT2D eigenvalue weighted by atomic mass is 11.8. The summed E-state index contributed by atoms with van der Waals surface area (Å²) in [5, 5.41) is 15.3. The van der Waals surface area contributed by atoms with Crippen LogP contribution in [0.5, 0.6) is 0 Å². The Balaban J connectivity index is 3.40. The molecule has 3 nitrogen and oxygen atoms in total. The first kappa shape index (κ1) is 5.37. The van der Waals surface area contributed by atoms with E-state index in [0.29, 0.717) is 0 Å². The van der Waals surface area contributed by atoms with E-state index in [1.807, 2.05) is 0 Å². The molecule has 0 aliphatic heterocycles. The van der Waals surface area contributed by atoms with Gasteiger partial charge in [0.25, 0.3) is 0 Å². The van der Waals surface area contributed by atoms with E-state index in [1.54, 1.807) is 0 Å². The molecule has 0 aliphatic carbocycles. The minimum Gasteiger partial charge on any atom is -0.349 e. The Hall–Kier alpha value is -0.630. The average Bonchev–Trinajstić information content (AvgIpc) is 1.65.